The second kappa shape index (κ2) is 8.84. The van der Waals surface area contributed by atoms with Crippen molar-refractivity contribution in [3.63, 3.8) is 0 Å². The van der Waals surface area contributed by atoms with Crippen LogP contribution in [0.4, 0.5) is 0 Å². The average molecular weight is 338 g/mol. The maximum Gasteiger partial charge on any atom is 0.237 e. The number of hydrogen-bond donors (Lipinski definition) is 1. The van der Waals surface area contributed by atoms with E-state index in [-0.39, 0.29) is 17.9 Å². The molecule has 2 saturated heterocycles. The zero-order valence-electron chi connectivity index (χ0n) is 15.9. The molecule has 2 unspecified atom stereocenters. The van der Waals surface area contributed by atoms with E-state index in [9.17, 15) is 9.59 Å². The molecule has 5 nitrogen and oxygen atoms in total. The Labute approximate surface area is 147 Å². The van der Waals surface area contributed by atoms with Gasteiger partial charge in [-0.15, -0.1) is 0 Å². The first-order valence-corrected chi connectivity index (χ1v) is 9.69. The van der Waals surface area contributed by atoms with Gasteiger partial charge in [-0.25, -0.2) is 0 Å². The number of amides is 2. The molecule has 2 amide bonds. The Hall–Kier alpha value is -1.10. The SMILES string of the molecule is CC(C)CNC(=O)C(C)N1CCCC(C(=O)N2CCC(C)CC2)C1. The highest BCUT2D eigenvalue weighted by Gasteiger charge is 2.33. The molecular weight excluding hydrogens is 302 g/mol. The lowest BCUT2D eigenvalue weighted by molar-refractivity contribution is -0.140. The van der Waals surface area contributed by atoms with Crippen molar-refractivity contribution in [1.82, 2.24) is 15.1 Å². The average Bonchev–Trinajstić information content (AvgIpc) is 2.59. The largest absolute Gasteiger partial charge is 0.354 e. The molecule has 0 aromatic rings. The maximum atomic E-state index is 12.8. The molecule has 138 valence electrons. The summed E-state index contributed by atoms with van der Waals surface area (Å²) in [6.45, 7) is 12.6. The van der Waals surface area contributed by atoms with Crippen molar-refractivity contribution in [3.05, 3.63) is 0 Å². The molecule has 2 rings (SSSR count). The summed E-state index contributed by atoms with van der Waals surface area (Å²) in [5.41, 5.74) is 0. The van der Waals surface area contributed by atoms with Gasteiger partial charge in [0.05, 0.1) is 12.0 Å². The van der Waals surface area contributed by atoms with Gasteiger partial charge in [0.25, 0.3) is 0 Å². The summed E-state index contributed by atoms with van der Waals surface area (Å²) in [5.74, 6) is 1.65. The third-order valence-corrected chi connectivity index (χ3v) is 5.51. The van der Waals surface area contributed by atoms with E-state index in [1.165, 1.54) is 0 Å². The number of hydrogen-bond acceptors (Lipinski definition) is 3. The number of piperidine rings is 2. The predicted octanol–water partition coefficient (Wildman–Crippen LogP) is 2.12. The number of likely N-dealkylation sites (tertiary alicyclic amines) is 2. The van der Waals surface area contributed by atoms with Crippen molar-refractivity contribution in [2.45, 2.75) is 59.4 Å². The van der Waals surface area contributed by atoms with Crippen molar-refractivity contribution in [1.29, 1.82) is 0 Å². The highest BCUT2D eigenvalue weighted by atomic mass is 16.2. The molecule has 0 aliphatic carbocycles. The molecule has 2 aliphatic heterocycles. The molecule has 2 aliphatic rings. The number of carbonyl (C=O) groups is 2. The van der Waals surface area contributed by atoms with E-state index in [1.54, 1.807) is 0 Å². The first-order valence-electron chi connectivity index (χ1n) is 9.69. The molecule has 2 atom stereocenters. The second-order valence-corrected chi connectivity index (χ2v) is 8.16. The van der Waals surface area contributed by atoms with Gasteiger partial charge in [-0.1, -0.05) is 20.8 Å². The molecule has 1 N–H and O–H groups in total. The summed E-state index contributed by atoms with van der Waals surface area (Å²) in [6, 6.07) is -0.152. The Balaban J connectivity index is 1.86. The van der Waals surface area contributed by atoms with Gasteiger partial charge in [0.2, 0.25) is 11.8 Å². The lowest BCUT2D eigenvalue weighted by Crippen LogP contribution is -2.52. The Morgan fingerprint density at radius 2 is 1.75 bits per heavy atom. The van der Waals surface area contributed by atoms with Crippen LogP contribution >= 0.6 is 0 Å². The molecule has 0 spiro atoms. The number of carbonyl (C=O) groups excluding carboxylic acids is 2. The first-order chi connectivity index (χ1) is 11.4. The monoisotopic (exact) mass is 337 g/mol. The molecule has 5 heteroatoms. The Kier molecular flexibility index (Phi) is 7.08. The van der Waals surface area contributed by atoms with Gasteiger partial charge in [0.15, 0.2) is 0 Å². The van der Waals surface area contributed by atoms with Gasteiger partial charge < -0.3 is 10.2 Å². The predicted molar refractivity (Wildman–Crippen MR) is 96.6 cm³/mol. The van der Waals surface area contributed by atoms with Gasteiger partial charge in [-0.05, 0) is 51.0 Å². The molecule has 0 radical (unpaired) electrons. The summed E-state index contributed by atoms with van der Waals surface area (Å²) in [5, 5.41) is 3.02. The summed E-state index contributed by atoms with van der Waals surface area (Å²) in [6.07, 6.45) is 4.20. The highest BCUT2D eigenvalue weighted by Crippen LogP contribution is 2.24. The van der Waals surface area contributed by atoms with Gasteiger partial charge in [0, 0.05) is 26.2 Å². The Morgan fingerprint density at radius 3 is 2.38 bits per heavy atom. The molecule has 0 saturated carbocycles. The third kappa shape index (κ3) is 5.20. The molecule has 0 aromatic carbocycles. The van der Waals surface area contributed by atoms with Crippen LogP contribution in [0.2, 0.25) is 0 Å². The molecule has 0 aromatic heterocycles. The number of rotatable bonds is 5. The lowest BCUT2D eigenvalue weighted by atomic mass is 9.93. The van der Waals surface area contributed by atoms with Crippen LogP contribution in [0.1, 0.15) is 53.4 Å². The minimum Gasteiger partial charge on any atom is -0.354 e. The fraction of sp³-hybridized carbons (Fsp3) is 0.895. The number of nitrogens with zero attached hydrogens (tertiary/aromatic N) is 2. The van der Waals surface area contributed by atoms with Crippen LogP contribution in [0.15, 0.2) is 0 Å². The quantitative estimate of drug-likeness (QED) is 0.836. The molecule has 2 fully saturated rings. The molecule has 0 bridgehead atoms. The topological polar surface area (TPSA) is 52.7 Å². The van der Waals surface area contributed by atoms with Crippen molar-refractivity contribution >= 4 is 11.8 Å². The van der Waals surface area contributed by atoms with Crippen LogP contribution in [-0.2, 0) is 9.59 Å². The minimum absolute atomic E-state index is 0.0625. The van der Waals surface area contributed by atoms with Gasteiger partial charge >= 0.3 is 0 Å². The zero-order valence-corrected chi connectivity index (χ0v) is 15.9. The summed E-state index contributed by atoms with van der Waals surface area (Å²) < 4.78 is 0. The van der Waals surface area contributed by atoms with Gasteiger partial charge in [0.1, 0.15) is 0 Å². The van der Waals surface area contributed by atoms with E-state index >= 15 is 0 Å². The van der Waals surface area contributed by atoms with E-state index < -0.39 is 0 Å². The highest BCUT2D eigenvalue weighted by molar-refractivity contribution is 5.82. The third-order valence-electron chi connectivity index (χ3n) is 5.51. The van der Waals surface area contributed by atoms with Crippen LogP contribution < -0.4 is 5.32 Å². The lowest BCUT2D eigenvalue weighted by Gasteiger charge is -2.39. The second-order valence-electron chi connectivity index (χ2n) is 8.16. The smallest absolute Gasteiger partial charge is 0.237 e. The van der Waals surface area contributed by atoms with Crippen LogP contribution in [-0.4, -0.2) is 60.4 Å². The molecule has 2 heterocycles. The first kappa shape index (κ1) is 19.2. The van der Waals surface area contributed by atoms with Crippen LogP contribution in [0, 0.1) is 17.8 Å². The fourth-order valence-electron chi connectivity index (χ4n) is 3.67. The Bertz CT molecular complexity index is 430. The van der Waals surface area contributed by atoms with Crippen LogP contribution in [0.5, 0.6) is 0 Å². The van der Waals surface area contributed by atoms with E-state index in [2.05, 4.69) is 35.9 Å². The van der Waals surface area contributed by atoms with Gasteiger partial charge in [-0.3, -0.25) is 14.5 Å². The van der Waals surface area contributed by atoms with E-state index in [0.29, 0.717) is 18.4 Å². The van der Waals surface area contributed by atoms with Crippen molar-refractivity contribution in [2.24, 2.45) is 17.8 Å². The summed E-state index contributed by atoms with van der Waals surface area (Å²) in [7, 11) is 0. The Morgan fingerprint density at radius 1 is 1.08 bits per heavy atom. The van der Waals surface area contributed by atoms with E-state index in [4.69, 9.17) is 0 Å². The van der Waals surface area contributed by atoms with Crippen LogP contribution in [0.25, 0.3) is 0 Å². The van der Waals surface area contributed by atoms with Crippen LogP contribution in [0.3, 0.4) is 0 Å². The minimum atomic E-state index is -0.152. The van der Waals surface area contributed by atoms with Crippen molar-refractivity contribution < 1.29 is 9.59 Å². The van der Waals surface area contributed by atoms with Crippen molar-refractivity contribution in [2.75, 3.05) is 32.7 Å². The molecular formula is C19H35N3O2. The van der Waals surface area contributed by atoms with E-state index in [1.807, 2.05) is 6.92 Å². The normalized spacial score (nSPS) is 24.9. The summed E-state index contributed by atoms with van der Waals surface area (Å²) in [4.78, 5) is 29.4. The summed E-state index contributed by atoms with van der Waals surface area (Å²) >= 11 is 0. The zero-order chi connectivity index (χ0) is 17.7. The standard InChI is InChI=1S/C19H35N3O2/c1-14(2)12-20-18(23)16(4)22-9-5-6-17(13-22)19(24)21-10-7-15(3)8-11-21/h14-17H,5-13H2,1-4H3,(H,20,23). The maximum absolute atomic E-state index is 12.8. The van der Waals surface area contributed by atoms with E-state index in [0.717, 1.165) is 57.8 Å². The number of nitrogens with one attached hydrogen (secondary N) is 1. The van der Waals surface area contributed by atoms with Crippen molar-refractivity contribution in [3.8, 4) is 0 Å². The van der Waals surface area contributed by atoms with Gasteiger partial charge in [-0.2, -0.15) is 0 Å². The fourth-order valence-corrected chi connectivity index (χ4v) is 3.67. The molecule has 24 heavy (non-hydrogen) atoms.